The molecule has 4 aliphatic carbocycles. The molecule has 0 radical (unpaired) electrons. The Bertz CT molecular complexity index is 718. The predicted octanol–water partition coefficient (Wildman–Crippen LogP) is 6.55. The van der Waals surface area contributed by atoms with E-state index in [0.29, 0.717) is 23.0 Å². The monoisotopic (exact) mass is 396 g/mol. The molecule has 2 fully saturated rings. The van der Waals surface area contributed by atoms with Crippen LogP contribution in [0.5, 0.6) is 0 Å². The molecule has 2 heteroatoms. The van der Waals surface area contributed by atoms with Crippen molar-refractivity contribution in [3.8, 4) is 0 Å². The van der Waals surface area contributed by atoms with E-state index in [1.165, 1.54) is 44.1 Å². The summed E-state index contributed by atoms with van der Waals surface area (Å²) >= 11 is 0. The first-order valence-electron chi connectivity index (χ1n) is 12.2. The second-order valence-electron chi connectivity index (χ2n) is 11.4. The van der Waals surface area contributed by atoms with Gasteiger partial charge in [-0.25, -0.2) is 0 Å². The van der Waals surface area contributed by atoms with Gasteiger partial charge in [0.05, 0.1) is 0 Å². The summed E-state index contributed by atoms with van der Waals surface area (Å²) in [6.45, 7) is 9.56. The number of rotatable bonds is 6. The van der Waals surface area contributed by atoms with Crippen LogP contribution >= 0.6 is 0 Å². The number of ketones is 1. The summed E-state index contributed by atoms with van der Waals surface area (Å²) in [6, 6.07) is 0. The van der Waals surface area contributed by atoms with Crippen molar-refractivity contribution in [2.24, 2.45) is 46.3 Å². The first-order valence-corrected chi connectivity index (χ1v) is 12.2. The Labute approximate surface area is 177 Å². The molecule has 4 aliphatic rings. The van der Waals surface area contributed by atoms with Gasteiger partial charge in [-0.1, -0.05) is 52.7 Å². The molecule has 29 heavy (non-hydrogen) atoms. The lowest BCUT2D eigenvalue weighted by Crippen LogP contribution is -2.49. The van der Waals surface area contributed by atoms with Crippen molar-refractivity contribution >= 4 is 12.1 Å². The van der Waals surface area contributed by atoms with Gasteiger partial charge in [0, 0.05) is 12.3 Å². The molecule has 0 amide bonds. The van der Waals surface area contributed by atoms with Crippen LogP contribution in [-0.4, -0.2) is 12.1 Å². The quantitative estimate of drug-likeness (QED) is 0.477. The normalized spacial score (nSPS) is 43.0. The smallest absolute Gasteiger partial charge is 0.156 e. The fourth-order valence-corrected chi connectivity index (χ4v) is 8.00. The largest absolute Gasteiger partial charge is 0.303 e. The molecule has 0 aliphatic heterocycles. The number of hydrogen-bond acceptors (Lipinski definition) is 2. The maximum Gasteiger partial charge on any atom is 0.156 e. The number of aldehydes is 1. The molecular formula is C27H40O2. The van der Waals surface area contributed by atoms with Crippen LogP contribution in [0.3, 0.4) is 0 Å². The minimum Gasteiger partial charge on any atom is -0.303 e. The second-order valence-corrected chi connectivity index (χ2v) is 11.4. The van der Waals surface area contributed by atoms with Gasteiger partial charge in [-0.3, -0.25) is 4.79 Å². The van der Waals surface area contributed by atoms with E-state index in [0.717, 1.165) is 43.3 Å². The zero-order valence-corrected chi connectivity index (χ0v) is 19.0. The molecular weight excluding hydrogens is 356 g/mol. The van der Waals surface area contributed by atoms with Crippen molar-refractivity contribution in [1.29, 1.82) is 0 Å². The average Bonchev–Trinajstić information content (AvgIpc) is 3.05. The molecule has 0 aromatic carbocycles. The Morgan fingerprint density at radius 2 is 1.90 bits per heavy atom. The van der Waals surface area contributed by atoms with Gasteiger partial charge in [-0.15, -0.1) is 0 Å². The van der Waals surface area contributed by atoms with Gasteiger partial charge < -0.3 is 4.79 Å². The van der Waals surface area contributed by atoms with Crippen LogP contribution in [0.4, 0.5) is 0 Å². The SMILES string of the molecule is CC(C=O)CCCC(C)[C@H]1CCC2C3C=CC4=CC(=O)CC[C@]4(C)C3CC[C@@]21C. The minimum absolute atomic E-state index is 0.210. The maximum atomic E-state index is 12.0. The highest BCUT2D eigenvalue weighted by molar-refractivity contribution is 5.92. The standard InChI is InChI=1S/C27H40O2/c1-18(17-28)6-5-7-19(2)23-10-11-24-22-9-8-20-16-21(29)12-14-26(20,3)25(22)13-15-27(23,24)4/h8-9,16-19,22-25H,5-7,10-15H2,1-4H3/t18?,19?,22?,23-,24?,25?,26+,27-/m1/s1. The zero-order valence-electron chi connectivity index (χ0n) is 19.0. The van der Waals surface area contributed by atoms with Gasteiger partial charge in [0.2, 0.25) is 0 Å². The van der Waals surface area contributed by atoms with Crippen molar-refractivity contribution < 1.29 is 9.59 Å². The number of fused-ring (bicyclic) bond motifs is 5. The third-order valence-electron chi connectivity index (χ3n) is 9.83. The van der Waals surface area contributed by atoms with Gasteiger partial charge in [0.1, 0.15) is 6.29 Å². The third-order valence-corrected chi connectivity index (χ3v) is 9.83. The van der Waals surface area contributed by atoms with E-state index in [4.69, 9.17) is 0 Å². The lowest BCUT2D eigenvalue weighted by Gasteiger charge is -2.56. The summed E-state index contributed by atoms with van der Waals surface area (Å²) in [7, 11) is 0. The first-order chi connectivity index (χ1) is 13.8. The van der Waals surface area contributed by atoms with Gasteiger partial charge in [-0.05, 0) is 90.6 Å². The Morgan fingerprint density at radius 3 is 2.66 bits per heavy atom. The summed E-state index contributed by atoms with van der Waals surface area (Å²) in [4.78, 5) is 22.9. The number of hydrogen-bond donors (Lipinski definition) is 0. The fraction of sp³-hybridized carbons (Fsp3) is 0.778. The van der Waals surface area contributed by atoms with E-state index in [9.17, 15) is 9.59 Å². The van der Waals surface area contributed by atoms with E-state index >= 15 is 0 Å². The Kier molecular flexibility index (Phi) is 5.68. The van der Waals surface area contributed by atoms with Crippen LogP contribution in [0.2, 0.25) is 0 Å². The van der Waals surface area contributed by atoms with Gasteiger partial charge >= 0.3 is 0 Å². The lowest BCUT2D eigenvalue weighted by atomic mass is 9.48. The highest BCUT2D eigenvalue weighted by atomic mass is 16.1. The molecule has 0 N–H and O–H groups in total. The minimum atomic E-state index is 0.210. The summed E-state index contributed by atoms with van der Waals surface area (Å²) in [5.41, 5.74) is 1.98. The molecule has 0 bridgehead atoms. The maximum absolute atomic E-state index is 12.0. The molecule has 4 rings (SSSR count). The fourth-order valence-electron chi connectivity index (χ4n) is 8.00. The molecule has 0 spiro atoms. The second kappa shape index (κ2) is 7.82. The molecule has 2 nitrogen and oxygen atoms in total. The van der Waals surface area contributed by atoms with Crippen molar-refractivity contribution in [3.63, 3.8) is 0 Å². The van der Waals surface area contributed by atoms with Gasteiger partial charge in [-0.2, -0.15) is 0 Å². The summed E-state index contributed by atoms with van der Waals surface area (Å²) in [6.07, 6.45) is 18.6. The first kappa shape index (κ1) is 21.1. The van der Waals surface area contributed by atoms with Gasteiger partial charge in [0.15, 0.2) is 5.78 Å². The summed E-state index contributed by atoms with van der Waals surface area (Å²) in [5, 5.41) is 0. The van der Waals surface area contributed by atoms with Crippen LogP contribution in [0.15, 0.2) is 23.8 Å². The summed E-state index contributed by atoms with van der Waals surface area (Å²) < 4.78 is 0. The topological polar surface area (TPSA) is 34.1 Å². The number of carbonyl (C=O) groups excluding carboxylic acids is 2. The van der Waals surface area contributed by atoms with Crippen LogP contribution in [0.25, 0.3) is 0 Å². The molecule has 2 saturated carbocycles. The highest BCUT2D eigenvalue weighted by Gasteiger charge is 2.58. The van der Waals surface area contributed by atoms with E-state index in [1.54, 1.807) is 0 Å². The molecule has 0 aromatic rings. The number of carbonyl (C=O) groups is 2. The molecule has 0 aromatic heterocycles. The Hall–Kier alpha value is -1.18. The van der Waals surface area contributed by atoms with E-state index in [-0.39, 0.29) is 11.3 Å². The molecule has 160 valence electrons. The van der Waals surface area contributed by atoms with Crippen LogP contribution in [0.1, 0.15) is 85.5 Å². The molecule has 0 heterocycles. The third kappa shape index (κ3) is 3.49. The van der Waals surface area contributed by atoms with Crippen LogP contribution in [0, 0.1) is 46.3 Å². The number of allylic oxidation sites excluding steroid dienone is 4. The van der Waals surface area contributed by atoms with E-state index in [1.807, 2.05) is 13.0 Å². The average molecular weight is 397 g/mol. The zero-order chi connectivity index (χ0) is 20.8. The van der Waals surface area contributed by atoms with Crippen molar-refractivity contribution in [1.82, 2.24) is 0 Å². The molecule has 8 atom stereocenters. The van der Waals surface area contributed by atoms with Crippen molar-refractivity contribution in [2.45, 2.75) is 85.5 Å². The van der Waals surface area contributed by atoms with E-state index < -0.39 is 0 Å². The lowest BCUT2D eigenvalue weighted by molar-refractivity contribution is -0.116. The predicted molar refractivity (Wildman–Crippen MR) is 118 cm³/mol. The summed E-state index contributed by atoms with van der Waals surface area (Å²) in [5.74, 6) is 4.32. The van der Waals surface area contributed by atoms with Crippen molar-refractivity contribution in [2.75, 3.05) is 0 Å². The van der Waals surface area contributed by atoms with Crippen LogP contribution < -0.4 is 0 Å². The molecule has 5 unspecified atom stereocenters. The van der Waals surface area contributed by atoms with Crippen molar-refractivity contribution in [3.05, 3.63) is 23.8 Å². The Balaban J connectivity index is 1.50. The van der Waals surface area contributed by atoms with E-state index in [2.05, 4.69) is 32.9 Å². The molecule has 0 saturated heterocycles. The van der Waals surface area contributed by atoms with Crippen LogP contribution in [-0.2, 0) is 9.59 Å². The Morgan fingerprint density at radius 1 is 1.10 bits per heavy atom. The highest BCUT2D eigenvalue weighted by Crippen LogP contribution is 2.66. The van der Waals surface area contributed by atoms with Gasteiger partial charge in [0.25, 0.3) is 0 Å².